The van der Waals surface area contributed by atoms with Gasteiger partial charge in [0.2, 0.25) is 11.8 Å². The fourth-order valence-electron chi connectivity index (χ4n) is 5.72. The van der Waals surface area contributed by atoms with Gasteiger partial charge in [0.1, 0.15) is 0 Å². The SMILES string of the molecule is CCCCCCCCCCCCCCCCCC(=O)NCCNC(=O)CCCCCCCCCCCCCCCC. The van der Waals surface area contributed by atoms with Crippen LogP contribution in [0, 0.1) is 0 Å². The lowest BCUT2D eigenvalue weighted by Gasteiger charge is -2.07. The molecule has 2 amide bonds. The molecular weight excluding hydrogens is 504 g/mol. The molecule has 0 aromatic carbocycles. The van der Waals surface area contributed by atoms with E-state index in [1.807, 2.05) is 0 Å². The number of hydrogen-bond donors (Lipinski definition) is 2. The quantitative estimate of drug-likeness (QED) is 0.0746. The molecular formula is C37H74N2O2. The zero-order chi connectivity index (χ0) is 29.9. The zero-order valence-corrected chi connectivity index (χ0v) is 28.2. The minimum Gasteiger partial charge on any atom is -0.354 e. The Bertz CT molecular complexity index is 537. The molecule has 2 N–H and O–H groups in total. The summed E-state index contributed by atoms with van der Waals surface area (Å²) in [6.07, 6.45) is 40.0. The predicted octanol–water partition coefficient (Wildman–Crippen LogP) is 11.4. The average molecular weight is 579 g/mol. The molecule has 0 spiro atoms. The van der Waals surface area contributed by atoms with Gasteiger partial charge in [0.25, 0.3) is 0 Å². The van der Waals surface area contributed by atoms with Crippen molar-refractivity contribution in [3.8, 4) is 0 Å². The first-order chi connectivity index (χ1) is 20.2. The molecule has 4 nitrogen and oxygen atoms in total. The lowest BCUT2D eigenvalue weighted by molar-refractivity contribution is -0.123. The summed E-state index contributed by atoms with van der Waals surface area (Å²) in [6, 6.07) is 0. The van der Waals surface area contributed by atoms with Gasteiger partial charge in [-0.05, 0) is 12.8 Å². The Kier molecular flexibility index (Phi) is 34.2. The summed E-state index contributed by atoms with van der Waals surface area (Å²) >= 11 is 0. The number of amides is 2. The van der Waals surface area contributed by atoms with Crippen LogP contribution in [-0.2, 0) is 9.59 Å². The van der Waals surface area contributed by atoms with Crippen LogP contribution < -0.4 is 10.6 Å². The van der Waals surface area contributed by atoms with Gasteiger partial charge < -0.3 is 10.6 Å². The highest BCUT2D eigenvalue weighted by Gasteiger charge is 2.03. The highest BCUT2D eigenvalue weighted by molar-refractivity contribution is 5.77. The van der Waals surface area contributed by atoms with Crippen LogP contribution in [0.3, 0.4) is 0 Å². The highest BCUT2D eigenvalue weighted by atomic mass is 16.2. The number of unbranched alkanes of at least 4 members (excludes halogenated alkanes) is 27. The summed E-state index contributed by atoms with van der Waals surface area (Å²) in [7, 11) is 0. The van der Waals surface area contributed by atoms with Crippen LogP contribution in [0.5, 0.6) is 0 Å². The van der Waals surface area contributed by atoms with Gasteiger partial charge in [-0.15, -0.1) is 0 Å². The molecule has 0 atom stereocenters. The Balaban J connectivity index is 3.26. The maximum Gasteiger partial charge on any atom is 0.220 e. The van der Waals surface area contributed by atoms with E-state index in [1.165, 1.54) is 161 Å². The normalized spacial score (nSPS) is 11.2. The van der Waals surface area contributed by atoms with Crippen molar-refractivity contribution in [3.63, 3.8) is 0 Å². The lowest BCUT2D eigenvalue weighted by atomic mass is 10.0. The Morgan fingerprint density at radius 2 is 0.512 bits per heavy atom. The number of carbonyl (C=O) groups excluding carboxylic acids is 2. The van der Waals surface area contributed by atoms with E-state index in [0.29, 0.717) is 25.9 Å². The Morgan fingerprint density at radius 1 is 0.317 bits per heavy atom. The van der Waals surface area contributed by atoms with Gasteiger partial charge >= 0.3 is 0 Å². The Labute approximate surface area is 257 Å². The zero-order valence-electron chi connectivity index (χ0n) is 28.2. The molecule has 0 aromatic heterocycles. The third-order valence-electron chi connectivity index (χ3n) is 8.53. The van der Waals surface area contributed by atoms with Gasteiger partial charge in [-0.2, -0.15) is 0 Å². The minimum absolute atomic E-state index is 0.126. The van der Waals surface area contributed by atoms with Crippen LogP contribution in [0.2, 0.25) is 0 Å². The largest absolute Gasteiger partial charge is 0.354 e. The van der Waals surface area contributed by atoms with Crippen LogP contribution in [0.1, 0.15) is 213 Å². The van der Waals surface area contributed by atoms with E-state index < -0.39 is 0 Å². The van der Waals surface area contributed by atoms with E-state index in [0.717, 1.165) is 25.7 Å². The number of hydrogen-bond acceptors (Lipinski definition) is 2. The summed E-state index contributed by atoms with van der Waals surface area (Å²) in [6.45, 7) is 5.65. The van der Waals surface area contributed by atoms with Crippen LogP contribution in [-0.4, -0.2) is 24.9 Å². The van der Waals surface area contributed by atoms with Crippen molar-refractivity contribution in [1.82, 2.24) is 10.6 Å². The topological polar surface area (TPSA) is 58.2 Å². The van der Waals surface area contributed by atoms with Crippen molar-refractivity contribution in [2.75, 3.05) is 13.1 Å². The molecule has 0 heterocycles. The van der Waals surface area contributed by atoms with Crippen molar-refractivity contribution >= 4 is 11.8 Å². The molecule has 0 unspecified atom stereocenters. The predicted molar refractivity (Wildman–Crippen MR) is 180 cm³/mol. The van der Waals surface area contributed by atoms with E-state index in [-0.39, 0.29) is 11.8 Å². The van der Waals surface area contributed by atoms with Gasteiger partial charge in [-0.1, -0.05) is 187 Å². The van der Waals surface area contributed by atoms with Gasteiger partial charge in [0.05, 0.1) is 0 Å². The second-order valence-corrected chi connectivity index (χ2v) is 12.7. The molecule has 41 heavy (non-hydrogen) atoms. The van der Waals surface area contributed by atoms with E-state index >= 15 is 0 Å². The monoisotopic (exact) mass is 579 g/mol. The first-order valence-corrected chi connectivity index (χ1v) is 18.7. The molecule has 0 rings (SSSR count). The molecule has 0 bridgehead atoms. The van der Waals surface area contributed by atoms with Crippen molar-refractivity contribution in [3.05, 3.63) is 0 Å². The van der Waals surface area contributed by atoms with Crippen LogP contribution in [0.15, 0.2) is 0 Å². The van der Waals surface area contributed by atoms with Gasteiger partial charge in [0, 0.05) is 25.9 Å². The Morgan fingerprint density at radius 3 is 0.732 bits per heavy atom. The molecule has 0 radical (unpaired) electrons. The lowest BCUT2D eigenvalue weighted by Crippen LogP contribution is -2.34. The molecule has 0 fully saturated rings. The van der Waals surface area contributed by atoms with Crippen molar-refractivity contribution in [2.24, 2.45) is 0 Å². The molecule has 4 heteroatoms. The number of nitrogens with one attached hydrogen (secondary N) is 2. The maximum atomic E-state index is 12.0. The van der Waals surface area contributed by atoms with E-state index in [1.54, 1.807) is 0 Å². The summed E-state index contributed by atoms with van der Waals surface area (Å²) in [5, 5.41) is 5.91. The Hall–Kier alpha value is -1.06. The summed E-state index contributed by atoms with van der Waals surface area (Å²) in [5.74, 6) is 0.251. The van der Waals surface area contributed by atoms with E-state index in [2.05, 4.69) is 24.5 Å². The number of rotatable bonds is 34. The molecule has 0 aromatic rings. The van der Waals surface area contributed by atoms with Crippen LogP contribution in [0.25, 0.3) is 0 Å². The van der Waals surface area contributed by atoms with Crippen molar-refractivity contribution in [2.45, 2.75) is 213 Å². The van der Waals surface area contributed by atoms with Gasteiger partial charge in [-0.25, -0.2) is 0 Å². The molecule has 0 saturated heterocycles. The summed E-state index contributed by atoms with van der Waals surface area (Å²) in [4.78, 5) is 24.0. The smallest absolute Gasteiger partial charge is 0.220 e. The van der Waals surface area contributed by atoms with E-state index in [4.69, 9.17) is 0 Å². The molecule has 244 valence electrons. The van der Waals surface area contributed by atoms with Crippen molar-refractivity contribution in [1.29, 1.82) is 0 Å². The van der Waals surface area contributed by atoms with Crippen LogP contribution >= 0.6 is 0 Å². The average Bonchev–Trinajstić information content (AvgIpc) is 2.97. The van der Waals surface area contributed by atoms with Gasteiger partial charge in [0.15, 0.2) is 0 Å². The fraction of sp³-hybridized carbons (Fsp3) is 0.946. The third-order valence-corrected chi connectivity index (χ3v) is 8.53. The summed E-state index contributed by atoms with van der Waals surface area (Å²) < 4.78 is 0. The first-order valence-electron chi connectivity index (χ1n) is 18.7. The maximum absolute atomic E-state index is 12.0. The van der Waals surface area contributed by atoms with Crippen LogP contribution in [0.4, 0.5) is 0 Å². The minimum atomic E-state index is 0.126. The van der Waals surface area contributed by atoms with Gasteiger partial charge in [-0.3, -0.25) is 9.59 Å². The fourth-order valence-corrected chi connectivity index (χ4v) is 5.72. The second-order valence-electron chi connectivity index (χ2n) is 12.7. The second kappa shape index (κ2) is 35.1. The van der Waals surface area contributed by atoms with Crippen molar-refractivity contribution < 1.29 is 9.59 Å². The third kappa shape index (κ3) is 35.0. The standard InChI is InChI=1S/C37H74N2O2/c1-3-5-7-9-11-13-15-17-19-21-23-25-27-29-31-33-37(41)39-35-34-38-36(40)32-30-28-26-24-22-20-18-16-14-12-10-8-6-4-2/h3-35H2,1-2H3,(H,38,40)(H,39,41). The highest BCUT2D eigenvalue weighted by Crippen LogP contribution is 2.15. The summed E-state index contributed by atoms with van der Waals surface area (Å²) in [5.41, 5.74) is 0. The van der Waals surface area contributed by atoms with E-state index in [9.17, 15) is 9.59 Å². The number of carbonyl (C=O) groups is 2. The first kappa shape index (κ1) is 39.9. The molecule has 0 aliphatic rings. The molecule has 0 aliphatic carbocycles. The molecule has 0 aliphatic heterocycles. The molecule has 0 saturated carbocycles.